The minimum atomic E-state index is -0.774. The maximum Gasteiger partial charge on any atom is 0.338 e. The van der Waals surface area contributed by atoms with Gasteiger partial charge in [-0.2, -0.15) is 0 Å². The van der Waals surface area contributed by atoms with Gasteiger partial charge in [-0.05, 0) is 79.3 Å². The second kappa shape index (κ2) is 11.7. The smallest absolute Gasteiger partial charge is 0.338 e. The molecule has 9 nitrogen and oxygen atoms in total. The zero-order valence-electron chi connectivity index (χ0n) is 21.3. The number of carbonyl (C=O) groups excluding carboxylic acids is 5. The molecule has 2 N–H and O–H groups in total. The molecule has 1 saturated carbocycles. The van der Waals surface area contributed by atoms with Gasteiger partial charge in [0.25, 0.3) is 11.8 Å². The van der Waals surface area contributed by atoms with Crippen LogP contribution in [0.1, 0.15) is 51.5 Å². The molecule has 1 aliphatic heterocycles. The molecule has 0 unspecified atom stereocenters. The van der Waals surface area contributed by atoms with Crippen molar-refractivity contribution in [1.29, 1.82) is 0 Å². The van der Waals surface area contributed by atoms with Gasteiger partial charge in [0.2, 0.25) is 11.8 Å². The molecule has 3 atom stereocenters. The molecule has 3 aromatic rings. The summed E-state index contributed by atoms with van der Waals surface area (Å²) in [4.78, 5) is 64.1. The Labute approximate surface area is 235 Å². The van der Waals surface area contributed by atoms with Gasteiger partial charge in [0.05, 0.1) is 23.1 Å². The molecule has 2 fully saturated rings. The maximum atomic E-state index is 13.3. The molecule has 3 aromatic carbocycles. The van der Waals surface area contributed by atoms with Gasteiger partial charge in [-0.25, -0.2) is 4.79 Å². The highest BCUT2D eigenvalue weighted by Gasteiger charge is 2.50. The number of hydrogen-bond acceptors (Lipinski definition) is 6. The van der Waals surface area contributed by atoms with Crippen molar-refractivity contribution in [2.45, 2.75) is 25.2 Å². The highest BCUT2D eigenvalue weighted by atomic mass is 35.5. The lowest BCUT2D eigenvalue weighted by atomic mass is 9.73. The number of hydrazine groups is 1. The molecule has 4 amide bonds. The summed E-state index contributed by atoms with van der Waals surface area (Å²) >= 11 is 5.79. The predicted octanol–water partition coefficient (Wildman–Crippen LogP) is 4.03. The largest absolute Gasteiger partial charge is 0.452 e. The van der Waals surface area contributed by atoms with Crippen LogP contribution in [0.15, 0.2) is 78.9 Å². The van der Waals surface area contributed by atoms with Crippen LogP contribution in [-0.4, -0.2) is 36.2 Å². The van der Waals surface area contributed by atoms with Crippen molar-refractivity contribution < 1.29 is 28.7 Å². The number of fused-ring (bicyclic) bond motifs is 1. The second-order valence-electron chi connectivity index (χ2n) is 9.78. The summed E-state index contributed by atoms with van der Waals surface area (Å²) in [5.74, 6) is -2.98. The average Bonchev–Trinajstić information content (AvgIpc) is 3.24. The fourth-order valence-electron chi connectivity index (χ4n) is 5.26. The predicted molar refractivity (Wildman–Crippen MR) is 146 cm³/mol. The number of rotatable bonds is 6. The molecule has 0 bridgehead atoms. The summed E-state index contributed by atoms with van der Waals surface area (Å²) in [6.45, 7) is -0.628. The van der Waals surface area contributed by atoms with Crippen LogP contribution in [0.3, 0.4) is 0 Å². The number of nitrogens with zero attached hydrogens (tertiary/aromatic N) is 1. The molecule has 0 radical (unpaired) electrons. The zero-order valence-corrected chi connectivity index (χ0v) is 22.1. The highest BCUT2D eigenvalue weighted by Crippen LogP contribution is 2.45. The molecule has 2 aliphatic rings. The van der Waals surface area contributed by atoms with Crippen molar-refractivity contribution in [2.75, 3.05) is 11.5 Å². The van der Waals surface area contributed by atoms with E-state index < -0.39 is 24.4 Å². The Morgan fingerprint density at radius 3 is 2.15 bits per heavy atom. The average molecular weight is 560 g/mol. The summed E-state index contributed by atoms with van der Waals surface area (Å²) in [5, 5.41) is 0.467. The Morgan fingerprint density at radius 1 is 0.800 bits per heavy atom. The number of benzene rings is 3. The molecule has 5 rings (SSSR count). The van der Waals surface area contributed by atoms with E-state index in [1.54, 1.807) is 0 Å². The van der Waals surface area contributed by atoms with E-state index in [0.717, 1.165) is 6.42 Å². The summed E-state index contributed by atoms with van der Waals surface area (Å²) in [5.41, 5.74) is 6.38. The number of ether oxygens (including phenoxy) is 1. The third kappa shape index (κ3) is 5.74. The molecule has 1 heterocycles. The van der Waals surface area contributed by atoms with Gasteiger partial charge in [0.15, 0.2) is 6.61 Å². The molecule has 40 heavy (non-hydrogen) atoms. The molecular weight excluding hydrogens is 534 g/mol. The van der Waals surface area contributed by atoms with E-state index >= 15 is 0 Å². The van der Waals surface area contributed by atoms with Gasteiger partial charge in [-0.15, -0.1) is 0 Å². The Hall–Kier alpha value is -4.50. The lowest BCUT2D eigenvalue weighted by Crippen LogP contribution is -2.43. The third-order valence-corrected chi connectivity index (χ3v) is 7.57. The Bertz CT molecular complexity index is 1440. The molecule has 10 heteroatoms. The molecule has 0 spiro atoms. The van der Waals surface area contributed by atoms with Crippen LogP contribution in [-0.2, 0) is 19.1 Å². The van der Waals surface area contributed by atoms with Crippen molar-refractivity contribution in [3.05, 3.63) is 101 Å². The van der Waals surface area contributed by atoms with E-state index in [-0.39, 0.29) is 40.7 Å². The summed E-state index contributed by atoms with van der Waals surface area (Å²) < 4.78 is 5.02. The number of nitrogens with one attached hydrogen (secondary N) is 2. The van der Waals surface area contributed by atoms with Crippen LogP contribution in [0.2, 0.25) is 5.02 Å². The van der Waals surface area contributed by atoms with E-state index in [2.05, 4.69) is 23.0 Å². The first-order chi connectivity index (χ1) is 19.3. The van der Waals surface area contributed by atoms with Gasteiger partial charge in [-0.1, -0.05) is 41.9 Å². The summed E-state index contributed by atoms with van der Waals surface area (Å²) in [6.07, 6.45) is 2.13. The van der Waals surface area contributed by atoms with Crippen molar-refractivity contribution in [1.82, 2.24) is 10.9 Å². The lowest BCUT2D eigenvalue weighted by molar-refractivity contribution is -0.125. The van der Waals surface area contributed by atoms with Gasteiger partial charge in [0, 0.05) is 10.6 Å². The number of esters is 1. The number of amides is 4. The normalized spacial score (nSPS) is 20.0. The van der Waals surface area contributed by atoms with Crippen molar-refractivity contribution >= 4 is 46.9 Å². The Balaban J connectivity index is 1.14. The topological polar surface area (TPSA) is 122 Å². The number of anilines is 1. The monoisotopic (exact) mass is 559 g/mol. The van der Waals surface area contributed by atoms with Gasteiger partial charge < -0.3 is 4.74 Å². The van der Waals surface area contributed by atoms with E-state index in [4.69, 9.17) is 16.3 Å². The quantitative estimate of drug-likeness (QED) is 0.267. The lowest BCUT2D eigenvalue weighted by Gasteiger charge is -2.28. The van der Waals surface area contributed by atoms with Crippen molar-refractivity contribution in [3.8, 4) is 0 Å². The molecule has 0 aromatic heterocycles. The number of carbonyl (C=O) groups is 5. The fraction of sp³-hybridized carbons (Fsp3) is 0.233. The van der Waals surface area contributed by atoms with Crippen LogP contribution in [0.25, 0.3) is 0 Å². The minimum absolute atomic E-state index is 0.141. The Morgan fingerprint density at radius 2 is 1.45 bits per heavy atom. The van der Waals surface area contributed by atoms with Gasteiger partial charge in [-0.3, -0.25) is 34.9 Å². The van der Waals surface area contributed by atoms with Crippen LogP contribution < -0.4 is 15.8 Å². The zero-order chi connectivity index (χ0) is 28.2. The third-order valence-electron chi connectivity index (χ3n) is 7.31. The van der Waals surface area contributed by atoms with Gasteiger partial charge >= 0.3 is 5.97 Å². The summed E-state index contributed by atoms with van der Waals surface area (Å²) in [7, 11) is 0. The first-order valence-electron chi connectivity index (χ1n) is 12.9. The minimum Gasteiger partial charge on any atom is -0.452 e. The van der Waals surface area contributed by atoms with E-state index in [0.29, 0.717) is 23.6 Å². The number of halogens is 1. The van der Waals surface area contributed by atoms with Gasteiger partial charge in [0.1, 0.15) is 0 Å². The van der Waals surface area contributed by atoms with Crippen LogP contribution >= 0.6 is 11.6 Å². The first kappa shape index (κ1) is 27.1. The maximum absolute atomic E-state index is 13.3. The van der Waals surface area contributed by atoms with Crippen molar-refractivity contribution in [3.63, 3.8) is 0 Å². The number of hydrogen-bond donors (Lipinski definition) is 2. The van der Waals surface area contributed by atoms with Crippen LogP contribution in [0.4, 0.5) is 5.69 Å². The van der Waals surface area contributed by atoms with E-state index in [1.165, 1.54) is 59.0 Å². The van der Waals surface area contributed by atoms with E-state index in [9.17, 15) is 24.0 Å². The van der Waals surface area contributed by atoms with Crippen molar-refractivity contribution in [2.24, 2.45) is 11.8 Å². The molecule has 1 saturated heterocycles. The van der Waals surface area contributed by atoms with Crippen LogP contribution in [0, 0.1) is 11.8 Å². The molecular formula is C30H26ClN3O6. The summed E-state index contributed by atoms with van der Waals surface area (Å²) in [6, 6.07) is 22.0. The Kier molecular flexibility index (Phi) is 7.93. The molecule has 204 valence electrons. The first-order valence-corrected chi connectivity index (χ1v) is 13.2. The highest BCUT2D eigenvalue weighted by molar-refractivity contribution is 6.30. The molecule has 1 aliphatic carbocycles. The SMILES string of the molecule is O=C(COC(=O)c1ccc(N2C(=O)[C@H]3C[C@@H](c4ccccc4)CC[C@H]3C2=O)cc1)NNC(=O)c1ccc(Cl)cc1. The number of imide groups is 1. The van der Waals surface area contributed by atoms with Crippen LogP contribution in [0.5, 0.6) is 0 Å². The second-order valence-corrected chi connectivity index (χ2v) is 10.2. The fourth-order valence-corrected chi connectivity index (χ4v) is 5.38. The standard InChI is InChI=1S/C30H26ClN3O6/c31-22-11-6-19(7-12-22)27(36)33-32-26(35)17-40-30(39)20-8-13-23(14-9-20)34-28(37)24-15-10-21(16-25(24)29(34)38)18-4-2-1-3-5-18/h1-9,11-14,21,24-25H,10,15-17H2,(H,32,35)(H,33,36)/t21-,24+,25-/m0/s1. The van der Waals surface area contributed by atoms with E-state index in [1.807, 2.05) is 18.2 Å².